The van der Waals surface area contributed by atoms with E-state index in [-0.39, 0.29) is 12.0 Å². The Morgan fingerprint density at radius 1 is 0.806 bits per heavy atom. The normalized spacial score (nSPS) is 10.9. The van der Waals surface area contributed by atoms with Crippen LogP contribution in [0.3, 0.4) is 0 Å². The monoisotopic (exact) mass is 489 g/mol. The van der Waals surface area contributed by atoms with Crippen LogP contribution >= 0.6 is 0 Å². The van der Waals surface area contributed by atoms with Crippen LogP contribution in [-0.4, -0.2) is 62.6 Å². The molecule has 0 spiro atoms. The zero-order valence-electron chi connectivity index (χ0n) is 22.8. The van der Waals surface area contributed by atoms with Gasteiger partial charge < -0.3 is 15.0 Å². The highest BCUT2D eigenvalue weighted by atomic mass is 16.5. The largest absolute Gasteiger partial charge is 0.367 e. The van der Waals surface area contributed by atoms with E-state index in [1.54, 1.807) is 0 Å². The average Bonchev–Trinajstić information content (AvgIpc) is 2.89. The van der Waals surface area contributed by atoms with E-state index in [9.17, 15) is 4.79 Å². The Morgan fingerprint density at radius 2 is 1.31 bits per heavy atom. The lowest BCUT2D eigenvalue weighted by atomic mass is 10.0. The lowest BCUT2D eigenvalue weighted by molar-refractivity contribution is -0.117. The molecule has 3 aromatic rings. The molecule has 0 atom stereocenters. The van der Waals surface area contributed by atoms with Crippen molar-refractivity contribution in [3.05, 3.63) is 101 Å². The van der Waals surface area contributed by atoms with E-state index in [1.165, 1.54) is 11.1 Å². The number of hydrogen-bond acceptors (Lipinski definition) is 4. The van der Waals surface area contributed by atoms with E-state index in [1.807, 2.05) is 44.2 Å². The zero-order chi connectivity index (χ0) is 26.3. The third kappa shape index (κ3) is 9.94. The number of benzene rings is 3. The third-order valence-corrected chi connectivity index (χ3v) is 6.03. The number of anilines is 1. The molecule has 0 aliphatic heterocycles. The summed E-state index contributed by atoms with van der Waals surface area (Å²) < 4.78 is 6.08. The van der Waals surface area contributed by atoms with Crippen LogP contribution in [0.2, 0.25) is 0 Å². The SMILES string of the molecule is CCN(CC)CC(=O)Nc1c(C)cccc1C.CN(C)CCOC(c1ccccc1)c1ccccc1. The number of likely N-dealkylation sites (N-methyl/N-ethyl adjacent to an activating group) is 2. The lowest BCUT2D eigenvalue weighted by Gasteiger charge is -2.20. The molecule has 5 heteroatoms. The van der Waals surface area contributed by atoms with Gasteiger partial charge in [-0.3, -0.25) is 9.69 Å². The topological polar surface area (TPSA) is 44.8 Å². The Hall–Kier alpha value is -2.99. The second kappa shape index (κ2) is 15.9. The van der Waals surface area contributed by atoms with Gasteiger partial charge >= 0.3 is 0 Å². The number of carbonyl (C=O) groups excluding carboxylic acids is 1. The molecule has 0 unspecified atom stereocenters. The van der Waals surface area contributed by atoms with Gasteiger partial charge in [-0.2, -0.15) is 0 Å². The van der Waals surface area contributed by atoms with E-state index in [0.29, 0.717) is 6.54 Å². The molecule has 0 aromatic heterocycles. The standard InChI is InChI=1S/C17H21NO.C14H22N2O/c1-18(2)13-14-19-17(15-9-5-3-6-10-15)16-11-7-4-8-12-16;1-5-16(6-2)10-13(17)15-14-11(3)8-7-9-12(14)4/h3-12,17H,13-14H2,1-2H3;7-9H,5-6,10H2,1-4H3,(H,15,17). The number of ether oxygens (including phenoxy) is 1. The van der Waals surface area contributed by atoms with Gasteiger partial charge in [0.05, 0.1) is 13.2 Å². The van der Waals surface area contributed by atoms with Crippen molar-refractivity contribution in [1.29, 1.82) is 0 Å². The molecule has 36 heavy (non-hydrogen) atoms. The van der Waals surface area contributed by atoms with Crippen LogP contribution in [0.5, 0.6) is 0 Å². The van der Waals surface area contributed by atoms with Crippen molar-refractivity contribution in [2.75, 3.05) is 52.2 Å². The van der Waals surface area contributed by atoms with Crippen LogP contribution in [-0.2, 0) is 9.53 Å². The van der Waals surface area contributed by atoms with Gasteiger partial charge in [-0.05, 0) is 63.3 Å². The molecule has 0 aliphatic carbocycles. The summed E-state index contributed by atoms with van der Waals surface area (Å²) in [6.45, 7) is 12.1. The highest BCUT2D eigenvalue weighted by Crippen LogP contribution is 2.25. The predicted octanol–water partition coefficient (Wildman–Crippen LogP) is 5.94. The number of hydrogen-bond donors (Lipinski definition) is 1. The molecule has 0 radical (unpaired) electrons. The lowest BCUT2D eigenvalue weighted by Crippen LogP contribution is -2.33. The molecular formula is C31H43N3O2. The van der Waals surface area contributed by atoms with Crippen LogP contribution < -0.4 is 5.32 Å². The second-order valence-corrected chi connectivity index (χ2v) is 9.15. The predicted molar refractivity (Wildman–Crippen MR) is 152 cm³/mol. The van der Waals surface area contributed by atoms with Crippen LogP contribution in [0.4, 0.5) is 5.69 Å². The molecule has 5 nitrogen and oxygen atoms in total. The Labute approximate surface area is 218 Å². The number of nitrogens with one attached hydrogen (secondary N) is 1. The van der Waals surface area contributed by atoms with Gasteiger partial charge in [0, 0.05) is 12.2 Å². The fourth-order valence-corrected chi connectivity index (χ4v) is 3.83. The minimum atomic E-state index is 0.0161. The van der Waals surface area contributed by atoms with Crippen molar-refractivity contribution in [2.24, 2.45) is 0 Å². The number of rotatable bonds is 11. The molecule has 0 saturated carbocycles. The van der Waals surface area contributed by atoms with Crippen molar-refractivity contribution < 1.29 is 9.53 Å². The quantitative estimate of drug-likeness (QED) is 0.362. The van der Waals surface area contributed by atoms with Crippen molar-refractivity contribution in [3.63, 3.8) is 0 Å². The molecule has 0 bridgehead atoms. The summed E-state index contributed by atoms with van der Waals surface area (Å²) in [5.41, 5.74) is 5.57. The molecule has 1 amide bonds. The molecule has 1 N–H and O–H groups in total. The van der Waals surface area contributed by atoms with Gasteiger partial charge in [-0.25, -0.2) is 0 Å². The molecular weight excluding hydrogens is 446 g/mol. The van der Waals surface area contributed by atoms with E-state index in [2.05, 4.69) is 91.6 Å². The first-order valence-electron chi connectivity index (χ1n) is 12.8. The number of amides is 1. The fourth-order valence-electron chi connectivity index (χ4n) is 3.83. The molecule has 3 aromatic carbocycles. The van der Waals surface area contributed by atoms with Crippen molar-refractivity contribution in [2.45, 2.75) is 33.8 Å². The van der Waals surface area contributed by atoms with Gasteiger partial charge in [0.2, 0.25) is 5.91 Å². The second-order valence-electron chi connectivity index (χ2n) is 9.15. The first kappa shape index (κ1) is 29.2. The van der Waals surface area contributed by atoms with E-state index < -0.39 is 0 Å². The first-order chi connectivity index (χ1) is 17.3. The Morgan fingerprint density at radius 3 is 1.75 bits per heavy atom. The maximum absolute atomic E-state index is 11.9. The Balaban J connectivity index is 0.000000255. The average molecular weight is 490 g/mol. The number of carbonyl (C=O) groups is 1. The summed E-state index contributed by atoms with van der Waals surface area (Å²) in [4.78, 5) is 16.1. The van der Waals surface area contributed by atoms with E-state index in [4.69, 9.17) is 4.74 Å². The molecule has 194 valence electrons. The number of aryl methyl sites for hydroxylation is 2. The van der Waals surface area contributed by atoms with Crippen LogP contribution in [0, 0.1) is 13.8 Å². The van der Waals surface area contributed by atoms with Crippen LogP contribution in [0.15, 0.2) is 78.9 Å². The molecule has 0 heterocycles. The first-order valence-corrected chi connectivity index (χ1v) is 12.8. The zero-order valence-corrected chi connectivity index (χ0v) is 22.8. The molecule has 3 rings (SSSR count). The van der Waals surface area contributed by atoms with Crippen LogP contribution in [0.25, 0.3) is 0 Å². The Kier molecular flexibility index (Phi) is 12.9. The van der Waals surface area contributed by atoms with Crippen molar-refractivity contribution in [3.8, 4) is 0 Å². The number of nitrogens with zero attached hydrogens (tertiary/aromatic N) is 2. The van der Waals surface area contributed by atoms with Gasteiger partial charge in [-0.1, -0.05) is 92.7 Å². The molecule has 0 fully saturated rings. The summed E-state index contributed by atoms with van der Waals surface area (Å²) in [7, 11) is 4.12. The van der Waals surface area contributed by atoms with E-state index in [0.717, 1.165) is 43.1 Å². The van der Waals surface area contributed by atoms with Gasteiger partial charge in [0.25, 0.3) is 0 Å². The van der Waals surface area contributed by atoms with Gasteiger partial charge in [0.1, 0.15) is 6.10 Å². The summed E-state index contributed by atoms with van der Waals surface area (Å²) in [5, 5.41) is 3.00. The van der Waals surface area contributed by atoms with Crippen molar-refractivity contribution in [1.82, 2.24) is 9.80 Å². The minimum absolute atomic E-state index is 0.0161. The minimum Gasteiger partial charge on any atom is -0.367 e. The summed E-state index contributed by atoms with van der Waals surface area (Å²) in [6.07, 6.45) is 0.0161. The summed E-state index contributed by atoms with van der Waals surface area (Å²) in [6, 6.07) is 26.8. The molecule has 0 aliphatic rings. The summed E-state index contributed by atoms with van der Waals surface area (Å²) in [5.74, 6) is 0.0612. The van der Waals surface area contributed by atoms with Gasteiger partial charge in [0.15, 0.2) is 0 Å². The molecule has 0 saturated heterocycles. The smallest absolute Gasteiger partial charge is 0.238 e. The maximum Gasteiger partial charge on any atom is 0.238 e. The Bertz CT molecular complexity index is 959. The number of para-hydroxylation sites is 1. The fraction of sp³-hybridized carbons (Fsp3) is 0.387. The van der Waals surface area contributed by atoms with E-state index >= 15 is 0 Å². The highest BCUT2D eigenvalue weighted by Gasteiger charge is 2.14. The third-order valence-electron chi connectivity index (χ3n) is 6.03. The van der Waals surface area contributed by atoms with Crippen molar-refractivity contribution >= 4 is 11.6 Å². The highest BCUT2D eigenvalue weighted by molar-refractivity contribution is 5.93. The van der Waals surface area contributed by atoms with Gasteiger partial charge in [-0.15, -0.1) is 0 Å². The summed E-state index contributed by atoms with van der Waals surface area (Å²) >= 11 is 0. The maximum atomic E-state index is 11.9. The van der Waals surface area contributed by atoms with Crippen LogP contribution in [0.1, 0.15) is 42.2 Å².